The number of carbonyl (C=O) groups is 2. The average Bonchev–Trinajstić information content (AvgIpc) is 2.80. The molecule has 0 spiro atoms. The molecule has 0 fully saturated rings. The van der Waals surface area contributed by atoms with Crippen LogP contribution in [0, 0.1) is 10.1 Å². The second-order valence-electron chi connectivity index (χ2n) is 8.05. The first-order valence-corrected chi connectivity index (χ1v) is 12.6. The molecule has 1 N–H and O–H groups in total. The number of amides is 2. The van der Waals surface area contributed by atoms with Gasteiger partial charge in [0.05, 0.1) is 16.9 Å². The van der Waals surface area contributed by atoms with Gasteiger partial charge in [-0.05, 0) is 31.9 Å². The van der Waals surface area contributed by atoms with Crippen LogP contribution in [0.2, 0.25) is 0 Å². The quantitative estimate of drug-likeness (QED) is 0.381. The Labute approximate surface area is 199 Å². The maximum atomic E-state index is 13.4. The van der Waals surface area contributed by atoms with Crippen LogP contribution in [-0.2, 0) is 26.2 Å². The molecule has 0 aliphatic heterocycles. The summed E-state index contributed by atoms with van der Waals surface area (Å²) in [6.45, 7) is 4.82. The Bertz CT molecular complexity index is 1120. The first-order valence-electron chi connectivity index (χ1n) is 10.8. The minimum absolute atomic E-state index is 0.0126. The zero-order valence-corrected chi connectivity index (χ0v) is 20.5. The standard InChI is InChI=1S/C23H30N4O6S/c1-5-17(2)24-23(29)18(3)25(15-19-10-7-6-8-11-19)22(28)16-26(34(4,32)33)20-12-9-13-21(14-20)27(30)31/h6-14,17-18H,5,15-16H2,1-4H3,(H,24,29)/t17-,18-/m1/s1. The number of hydrogen-bond acceptors (Lipinski definition) is 6. The molecule has 0 radical (unpaired) electrons. The van der Waals surface area contributed by atoms with Gasteiger partial charge in [0.25, 0.3) is 5.69 Å². The van der Waals surface area contributed by atoms with Crippen molar-refractivity contribution in [1.82, 2.24) is 10.2 Å². The molecule has 2 aromatic rings. The number of anilines is 1. The number of hydrogen-bond donors (Lipinski definition) is 1. The summed E-state index contributed by atoms with van der Waals surface area (Å²) >= 11 is 0. The highest BCUT2D eigenvalue weighted by Gasteiger charge is 2.30. The highest BCUT2D eigenvalue weighted by molar-refractivity contribution is 7.92. The van der Waals surface area contributed by atoms with Gasteiger partial charge < -0.3 is 10.2 Å². The lowest BCUT2D eigenvalue weighted by Gasteiger charge is -2.32. The van der Waals surface area contributed by atoms with Gasteiger partial charge in [-0.25, -0.2) is 8.42 Å². The van der Waals surface area contributed by atoms with Gasteiger partial charge in [-0.15, -0.1) is 0 Å². The molecule has 11 heteroatoms. The predicted octanol–water partition coefficient (Wildman–Crippen LogP) is 2.69. The second-order valence-corrected chi connectivity index (χ2v) is 9.95. The number of nitro benzene ring substituents is 1. The summed E-state index contributed by atoms with van der Waals surface area (Å²) in [4.78, 5) is 38.0. The molecule has 0 bridgehead atoms. The van der Waals surface area contributed by atoms with Crippen molar-refractivity contribution in [2.75, 3.05) is 17.1 Å². The van der Waals surface area contributed by atoms with Gasteiger partial charge >= 0.3 is 0 Å². The van der Waals surface area contributed by atoms with Crippen LogP contribution in [0.15, 0.2) is 54.6 Å². The molecule has 2 amide bonds. The monoisotopic (exact) mass is 490 g/mol. The van der Waals surface area contributed by atoms with Crippen LogP contribution in [0.5, 0.6) is 0 Å². The SMILES string of the molecule is CC[C@@H](C)NC(=O)[C@@H](C)N(Cc1ccccc1)C(=O)CN(c1cccc([N+](=O)[O-])c1)S(C)(=O)=O. The highest BCUT2D eigenvalue weighted by Crippen LogP contribution is 2.23. The molecule has 0 aromatic heterocycles. The fourth-order valence-electron chi connectivity index (χ4n) is 3.20. The Kier molecular flexibility index (Phi) is 9.13. The molecule has 2 aromatic carbocycles. The maximum absolute atomic E-state index is 13.4. The normalized spacial score (nSPS) is 12.9. The molecule has 0 saturated heterocycles. The molecule has 0 aliphatic carbocycles. The lowest BCUT2D eigenvalue weighted by molar-refractivity contribution is -0.384. The van der Waals surface area contributed by atoms with E-state index in [1.807, 2.05) is 19.9 Å². The number of rotatable bonds is 11. The maximum Gasteiger partial charge on any atom is 0.271 e. The van der Waals surface area contributed by atoms with Crippen molar-refractivity contribution in [3.63, 3.8) is 0 Å². The lowest BCUT2D eigenvalue weighted by atomic mass is 10.1. The van der Waals surface area contributed by atoms with Crippen LogP contribution in [0.3, 0.4) is 0 Å². The first kappa shape index (κ1) is 26.8. The fourth-order valence-corrected chi connectivity index (χ4v) is 4.05. The van der Waals surface area contributed by atoms with Crippen molar-refractivity contribution in [2.45, 2.75) is 45.8 Å². The van der Waals surface area contributed by atoms with Crippen molar-refractivity contribution in [3.8, 4) is 0 Å². The Morgan fingerprint density at radius 3 is 2.29 bits per heavy atom. The summed E-state index contributed by atoms with van der Waals surface area (Å²) in [6, 6.07) is 13.1. The van der Waals surface area contributed by atoms with Crippen LogP contribution in [0.4, 0.5) is 11.4 Å². The summed E-state index contributed by atoms with van der Waals surface area (Å²) in [5.74, 6) is -0.979. The van der Waals surface area contributed by atoms with Crippen molar-refractivity contribution in [2.24, 2.45) is 0 Å². The zero-order chi connectivity index (χ0) is 25.5. The number of nitrogens with zero attached hydrogens (tertiary/aromatic N) is 3. The fraction of sp³-hybridized carbons (Fsp3) is 0.391. The highest BCUT2D eigenvalue weighted by atomic mass is 32.2. The summed E-state index contributed by atoms with van der Waals surface area (Å²) < 4.78 is 25.9. The smallest absolute Gasteiger partial charge is 0.271 e. The van der Waals surface area contributed by atoms with E-state index in [9.17, 15) is 28.1 Å². The Morgan fingerprint density at radius 1 is 1.09 bits per heavy atom. The number of non-ortho nitro benzene ring substituents is 1. The predicted molar refractivity (Wildman–Crippen MR) is 130 cm³/mol. The molecular weight excluding hydrogens is 460 g/mol. The third-order valence-electron chi connectivity index (χ3n) is 5.37. The first-order chi connectivity index (χ1) is 15.9. The van der Waals surface area contributed by atoms with E-state index in [1.54, 1.807) is 31.2 Å². The molecule has 184 valence electrons. The Morgan fingerprint density at radius 2 is 1.74 bits per heavy atom. The van der Waals surface area contributed by atoms with E-state index < -0.39 is 33.4 Å². The van der Waals surface area contributed by atoms with Crippen molar-refractivity contribution in [1.29, 1.82) is 0 Å². The number of benzene rings is 2. The summed E-state index contributed by atoms with van der Waals surface area (Å²) in [5.41, 5.74) is 0.447. The van der Waals surface area contributed by atoms with E-state index in [-0.39, 0.29) is 29.9 Å². The van der Waals surface area contributed by atoms with E-state index in [2.05, 4.69) is 5.32 Å². The molecule has 0 heterocycles. The van der Waals surface area contributed by atoms with E-state index in [1.165, 1.54) is 23.1 Å². The third-order valence-corrected chi connectivity index (χ3v) is 6.51. The van der Waals surface area contributed by atoms with Gasteiger partial charge in [0.15, 0.2) is 0 Å². The average molecular weight is 491 g/mol. The van der Waals surface area contributed by atoms with Crippen molar-refractivity contribution in [3.05, 3.63) is 70.3 Å². The van der Waals surface area contributed by atoms with E-state index in [4.69, 9.17) is 0 Å². The molecule has 0 saturated carbocycles. The van der Waals surface area contributed by atoms with Gasteiger partial charge in [-0.3, -0.25) is 24.0 Å². The zero-order valence-electron chi connectivity index (χ0n) is 19.7. The summed E-state index contributed by atoms with van der Waals surface area (Å²) in [6.07, 6.45) is 1.62. The lowest BCUT2D eigenvalue weighted by Crippen LogP contribution is -2.52. The van der Waals surface area contributed by atoms with Gasteiger partial charge in [0, 0.05) is 24.7 Å². The Hall–Kier alpha value is -3.47. The van der Waals surface area contributed by atoms with Crippen LogP contribution in [-0.4, -0.2) is 54.9 Å². The summed E-state index contributed by atoms with van der Waals surface area (Å²) in [5, 5.41) is 14.0. The molecular formula is C23H30N4O6S. The van der Waals surface area contributed by atoms with Crippen molar-refractivity contribution >= 4 is 33.2 Å². The van der Waals surface area contributed by atoms with Crippen LogP contribution < -0.4 is 9.62 Å². The summed E-state index contributed by atoms with van der Waals surface area (Å²) in [7, 11) is -3.97. The molecule has 0 unspecified atom stereocenters. The molecule has 2 atom stereocenters. The van der Waals surface area contributed by atoms with Crippen LogP contribution in [0.1, 0.15) is 32.8 Å². The van der Waals surface area contributed by atoms with Gasteiger partial charge in [0.1, 0.15) is 12.6 Å². The Balaban J connectivity index is 2.40. The number of carbonyl (C=O) groups excluding carboxylic acids is 2. The minimum atomic E-state index is -3.97. The largest absolute Gasteiger partial charge is 0.352 e. The van der Waals surface area contributed by atoms with E-state index in [0.717, 1.165) is 22.2 Å². The van der Waals surface area contributed by atoms with Crippen LogP contribution in [0.25, 0.3) is 0 Å². The molecule has 2 rings (SSSR count). The topological polar surface area (TPSA) is 130 Å². The molecule has 34 heavy (non-hydrogen) atoms. The van der Waals surface area contributed by atoms with Crippen molar-refractivity contribution < 1.29 is 22.9 Å². The third kappa shape index (κ3) is 7.27. The van der Waals surface area contributed by atoms with E-state index in [0.29, 0.717) is 6.42 Å². The minimum Gasteiger partial charge on any atom is -0.352 e. The number of nitro groups is 1. The molecule has 0 aliphatic rings. The number of nitrogens with one attached hydrogen (secondary N) is 1. The molecule has 10 nitrogen and oxygen atoms in total. The number of sulfonamides is 1. The van der Waals surface area contributed by atoms with Gasteiger partial charge in [0.2, 0.25) is 21.8 Å². The van der Waals surface area contributed by atoms with E-state index >= 15 is 0 Å². The van der Waals surface area contributed by atoms with Gasteiger partial charge in [-0.2, -0.15) is 0 Å². The van der Waals surface area contributed by atoms with Crippen LogP contribution >= 0.6 is 0 Å². The van der Waals surface area contributed by atoms with Gasteiger partial charge in [-0.1, -0.05) is 43.3 Å². The second kappa shape index (κ2) is 11.6.